The minimum absolute atomic E-state index is 0.0579. The summed E-state index contributed by atoms with van der Waals surface area (Å²) in [6.07, 6.45) is 0.817. The van der Waals surface area contributed by atoms with Crippen LogP contribution in [0.2, 0.25) is 5.02 Å². The molecule has 0 bridgehead atoms. The summed E-state index contributed by atoms with van der Waals surface area (Å²) in [5.74, 6) is -1.20. The van der Waals surface area contributed by atoms with Crippen molar-refractivity contribution in [1.29, 1.82) is 0 Å². The highest BCUT2D eigenvalue weighted by Crippen LogP contribution is 2.33. The van der Waals surface area contributed by atoms with E-state index in [9.17, 15) is 17.6 Å². The average molecular weight is 411 g/mol. The Hall–Kier alpha value is -1.96. The van der Waals surface area contributed by atoms with Crippen LogP contribution in [0.4, 0.5) is 4.39 Å². The van der Waals surface area contributed by atoms with E-state index in [1.165, 1.54) is 24.3 Å². The normalized spacial score (nSPS) is 20.3. The van der Waals surface area contributed by atoms with Crippen LogP contribution in [0.3, 0.4) is 0 Å². The van der Waals surface area contributed by atoms with Crippen LogP contribution in [-0.2, 0) is 9.84 Å². The van der Waals surface area contributed by atoms with Crippen molar-refractivity contribution < 1.29 is 17.6 Å². The Labute approximate surface area is 162 Å². The zero-order chi connectivity index (χ0) is 19.7. The van der Waals surface area contributed by atoms with Crippen molar-refractivity contribution in [3.8, 4) is 0 Å². The molecule has 2 N–H and O–H groups in total. The number of hydrogen-bond acceptors (Lipinski definition) is 4. The first-order valence-corrected chi connectivity index (χ1v) is 10.4. The summed E-state index contributed by atoms with van der Waals surface area (Å²) < 4.78 is 40.5. The molecule has 1 amide bonds. The van der Waals surface area contributed by atoms with E-state index >= 15 is 0 Å². The highest BCUT2D eigenvalue weighted by atomic mass is 35.5. The number of amides is 1. The predicted octanol–water partition coefficient (Wildman–Crippen LogP) is 3.07. The Morgan fingerprint density at radius 1 is 1.26 bits per heavy atom. The lowest BCUT2D eigenvalue weighted by Gasteiger charge is -2.38. The molecule has 0 radical (unpaired) electrons. The molecule has 0 aromatic heterocycles. The maximum atomic E-state index is 13.5. The van der Waals surface area contributed by atoms with E-state index in [-0.39, 0.29) is 23.4 Å². The monoisotopic (exact) mass is 410 g/mol. The summed E-state index contributed by atoms with van der Waals surface area (Å²) in [6, 6.07) is 9.83. The molecule has 1 aliphatic rings. The minimum Gasteiger partial charge on any atom is -0.332 e. The Balaban J connectivity index is 2.04. The number of rotatable bonds is 4. The maximum absolute atomic E-state index is 13.5. The quantitative estimate of drug-likeness (QED) is 0.812. The fraction of sp³-hybridized carbons (Fsp3) is 0.316. The van der Waals surface area contributed by atoms with E-state index in [2.05, 4.69) is 10.6 Å². The lowest BCUT2D eigenvalue weighted by molar-refractivity contribution is 0.0916. The van der Waals surface area contributed by atoms with Gasteiger partial charge in [0.05, 0.1) is 4.90 Å². The van der Waals surface area contributed by atoms with Crippen LogP contribution in [0.25, 0.3) is 0 Å². The fourth-order valence-corrected chi connectivity index (χ4v) is 5.63. The SMILES string of the molecule is Cc1c(Cl)cccc1S(=O)(=O)[C@@]1(NC(=O)c2cccc(F)c2)CCCNC1. The molecule has 1 atom stereocenters. The standard InChI is InChI=1S/C19H20ClFN2O3S/c1-13-16(20)7-3-8-17(13)27(25,26)19(9-4-10-22-12-19)23-18(24)14-5-2-6-15(21)11-14/h2-3,5-8,11,22H,4,9-10,12H2,1H3,(H,23,24)/t19-/m0/s1. The van der Waals surface area contributed by atoms with Crippen molar-refractivity contribution in [2.75, 3.05) is 13.1 Å². The van der Waals surface area contributed by atoms with Crippen molar-refractivity contribution in [2.24, 2.45) is 0 Å². The number of halogens is 2. The molecule has 2 aromatic rings. The summed E-state index contributed by atoms with van der Waals surface area (Å²) in [4.78, 5) is 11.2. The lowest BCUT2D eigenvalue weighted by atomic mass is 10.1. The van der Waals surface area contributed by atoms with Gasteiger partial charge in [0, 0.05) is 17.1 Å². The van der Waals surface area contributed by atoms with Gasteiger partial charge in [0.15, 0.2) is 4.87 Å². The van der Waals surface area contributed by atoms with E-state index in [1.54, 1.807) is 19.1 Å². The van der Waals surface area contributed by atoms with Crippen LogP contribution in [0.1, 0.15) is 28.8 Å². The Bertz CT molecular complexity index is 973. The number of hydrogen-bond donors (Lipinski definition) is 2. The Kier molecular flexibility index (Phi) is 5.55. The van der Waals surface area contributed by atoms with Crippen LogP contribution >= 0.6 is 11.6 Å². The molecule has 0 saturated carbocycles. The third-order valence-corrected chi connectivity index (χ3v) is 7.70. The molecule has 5 nitrogen and oxygen atoms in total. The average Bonchev–Trinajstić information content (AvgIpc) is 2.64. The summed E-state index contributed by atoms with van der Waals surface area (Å²) in [7, 11) is -3.96. The first-order chi connectivity index (χ1) is 12.8. The van der Waals surface area contributed by atoms with Gasteiger partial charge in [-0.3, -0.25) is 4.79 Å². The van der Waals surface area contributed by atoms with Crippen molar-refractivity contribution in [2.45, 2.75) is 29.5 Å². The molecule has 144 valence electrons. The highest BCUT2D eigenvalue weighted by molar-refractivity contribution is 7.93. The third kappa shape index (κ3) is 3.72. The highest BCUT2D eigenvalue weighted by Gasteiger charge is 2.47. The van der Waals surface area contributed by atoms with Crippen LogP contribution in [0, 0.1) is 12.7 Å². The van der Waals surface area contributed by atoms with Crippen molar-refractivity contribution in [1.82, 2.24) is 10.6 Å². The molecule has 1 saturated heterocycles. The van der Waals surface area contributed by atoms with Crippen LogP contribution in [0.15, 0.2) is 47.4 Å². The number of sulfone groups is 1. The fourth-order valence-electron chi connectivity index (χ4n) is 3.28. The van der Waals surface area contributed by atoms with E-state index < -0.39 is 26.4 Å². The van der Waals surface area contributed by atoms with Crippen molar-refractivity contribution in [3.05, 3.63) is 64.4 Å². The summed E-state index contributed by atoms with van der Waals surface area (Å²) >= 11 is 6.11. The zero-order valence-corrected chi connectivity index (χ0v) is 16.3. The molecule has 3 rings (SSSR count). The molecule has 1 aliphatic heterocycles. The van der Waals surface area contributed by atoms with Gasteiger partial charge in [-0.25, -0.2) is 12.8 Å². The molecular weight excluding hydrogens is 391 g/mol. The van der Waals surface area contributed by atoms with E-state index in [4.69, 9.17) is 11.6 Å². The molecular formula is C19H20ClFN2O3S. The van der Waals surface area contributed by atoms with Gasteiger partial charge < -0.3 is 10.6 Å². The third-order valence-electron chi connectivity index (χ3n) is 4.79. The first kappa shape index (κ1) is 19.8. The first-order valence-electron chi connectivity index (χ1n) is 8.55. The molecule has 0 spiro atoms. The van der Waals surface area contributed by atoms with Gasteiger partial charge in [-0.2, -0.15) is 0 Å². The van der Waals surface area contributed by atoms with Crippen LogP contribution < -0.4 is 10.6 Å². The van der Waals surface area contributed by atoms with Crippen LogP contribution in [0.5, 0.6) is 0 Å². The van der Waals surface area contributed by atoms with E-state index in [1.807, 2.05) is 0 Å². The Morgan fingerprint density at radius 2 is 2.00 bits per heavy atom. The second kappa shape index (κ2) is 7.58. The summed E-state index contributed by atoms with van der Waals surface area (Å²) in [5.41, 5.74) is 0.502. The van der Waals surface area contributed by atoms with Gasteiger partial charge in [0.25, 0.3) is 5.91 Å². The molecule has 1 heterocycles. The second-order valence-electron chi connectivity index (χ2n) is 6.61. The van der Waals surface area contributed by atoms with E-state index in [0.29, 0.717) is 23.6 Å². The van der Waals surface area contributed by atoms with Crippen molar-refractivity contribution >= 4 is 27.3 Å². The number of piperidine rings is 1. The minimum atomic E-state index is -3.96. The topological polar surface area (TPSA) is 75.3 Å². The summed E-state index contributed by atoms with van der Waals surface area (Å²) in [5, 5.41) is 6.05. The Morgan fingerprint density at radius 3 is 2.67 bits per heavy atom. The number of carbonyl (C=O) groups excluding carboxylic acids is 1. The molecule has 27 heavy (non-hydrogen) atoms. The smallest absolute Gasteiger partial charge is 0.252 e. The lowest BCUT2D eigenvalue weighted by Crippen LogP contribution is -2.62. The number of carbonyl (C=O) groups is 1. The van der Waals surface area contributed by atoms with Gasteiger partial charge >= 0.3 is 0 Å². The van der Waals surface area contributed by atoms with Gasteiger partial charge in [0.1, 0.15) is 5.82 Å². The summed E-state index contributed by atoms with van der Waals surface area (Å²) in [6.45, 7) is 2.34. The zero-order valence-electron chi connectivity index (χ0n) is 14.8. The molecule has 8 heteroatoms. The second-order valence-corrected chi connectivity index (χ2v) is 9.24. The van der Waals surface area contributed by atoms with Crippen molar-refractivity contribution in [3.63, 3.8) is 0 Å². The van der Waals surface area contributed by atoms with Gasteiger partial charge in [-0.1, -0.05) is 23.7 Å². The largest absolute Gasteiger partial charge is 0.332 e. The molecule has 2 aromatic carbocycles. The van der Waals surface area contributed by atoms with E-state index in [0.717, 1.165) is 6.07 Å². The van der Waals surface area contributed by atoms with Crippen LogP contribution in [-0.4, -0.2) is 32.3 Å². The number of nitrogens with one attached hydrogen (secondary N) is 2. The van der Waals surface area contributed by atoms with Gasteiger partial charge in [-0.05, 0) is 62.2 Å². The van der Waals surface area contributed by atoms with Gasteiger partial charge in [0.2, 0.25) is 9.84 Å². The predicted molar refractivity (Wildman–Crippen MR) is 102 cm³/mol. The van der Waals surface area contributed by atoms with Gasteiger partial charge in [-0.15, -0.1) is 0 Å². The molecule has 0 unspecified atom stereocenters. The molecule has 0 aliphatic carbocycles. The molecule has 1 fully saturated rings. The number of benzene rings is 2. The maximum Gasteiger partial charge on any atom is 0.252 e.